The molecule has 8 heteroatoms. The molecule has 1 saturated carbocycles. The maximum absolute atomic E-state index is 13.1. The molecule has 172 valence electrons. The lowest BCUT2D eigenvalue weighted by Crippen LogP contribution is -2.28. The summed E-state index contributed by atoms with van der Waals surface area (Å²) in [6, 6.07) is 11.4. The maximum Gasteiger partial charge on any atom is 0.271 e. The van der Waals surface area contributed by atoms with Gasteiger partial charge in [0.05, 0.1) is 16.9 Å². The van der Waals surface area contributed by atoms with E-state index in [0.717, 1.165) is 27.6 Å². The van der Waals surface area contributed by atoms with E-state index in [1.54, 1.807) is 6.07 Å². The van der Waals surface area contributed by atoms with Crippen LogP contribution in [-0.4, -0.2) is 19.6 Å². The number of aromatic nitrogens is 1. The molecule has 1 aliphatic rings. The zero-order chi connectivity index (χ0) is 22.7. The van der Waals surface area contributed by atoms with Crippen LogP contribution in [0.3, 0.4) is 0 Å². The molecular weight excluding hydrogens is 442 g/mol. The van der Waals surface area contributed by atoms with Crippen molar-refractivity contribution in [2.45, 2.75) is 69.7 Å². The number of hydrogen-bond acceptors (Lipinski definition) is 6. The summed E-state index contributed by atoms with van der Waals surface area (Å²) >= 11 is 1.22. The van der Waals surface area contributed by atoms with Gasteiger partial charge in [0.15, 0.2) is 0 Å². The van der Waals surface area contributed by atoms with Crippen LogP contribution in [0.4, 0.5) is 5.69 Å². The van der Waals surface area contributed by atoms with Gasteiger partial charge in [0, 0.05) is 17.5 Å². The quantitative estimate of drug-likeness (QED) is 0.405. The van der Waals surface area contributed by atoms with Crippen LogP contribution in [0.2, 0.25) is 0 Å². The number of hydrogen-bond donors (Lipinski definition) is 2. The minimum atomic E-state index is -3.70. The zero-order valence-corrected chi connectivity index (χ0v) is 20.5. The van der Waals surface area contributed by atoms with Gasteiger partial charge in [-0.25, -0.2) is 8.42 Å². The molecule has 3 aromatic rings. The number of aryl methyl sites for hydroxylation is 2. The van der Waals surface area contributed by atoms with Crippen molar-refractivity contribution in [3.05, 3.63) is 53.4 Å². The van der Waals surface area contributed by atoms with E-state index in [2.05, 4.69) is 22.1 Å². The number of benzene rings is 1. The molecule has 1 atom stereocenters. The number of thiophene rings is 1. The van der Waals surface area contributed by atoms with Crippen LogP contribution in [0, 0.1) is 19.8 Å². The van der Waals surface area contributed by atoms with E-state index in [9.17, 15) is 8.42 Å². The average molecular weight is 474 g/mol. The number of anilines is 1. The van der Waals surface area contributed by atoms with Crippen LogP contribution in [0.1, 0.15) is 56.0 Å². The Balaban J connectivity index is 1.46. The van der Waals surface area contributed by atoms with Crippen molar-refractivity contribution in [3.8, 4) is 10.4 Å². The molecule has 1 aliphatic carbocycles. The second-order valence-corrected chi connectivity index (χ2v) is 11.7. The summed E-state index contributed by atoms with van der Waals surface area (Å²) in [4.78, 5) is 0.831. The SMILES string of the molecule is Cc1noc(C)c1-c1ccc(S(=O)(=O)Nc2ccccc2CN[C@@H](C)CC2CCCC2)s1. The molecule has 0 unspecified atom stereocenters. The fourth-order valence-electron chi connectivity index (χ4n) is 4.52. The first kappa shape index (κ1) is 23.0. The van der Waals surface area contributed by atoms with E-state index in [-0.39, 0.29) is 4.21 Å². The molecule has 2 N–H and O–H groups in total. The molecule has 0 aliphatic heterocycles. The van der Waals surface area contributed by atoms with Crippen LogP contribution >= 0.6 is 11.3 Å². The summed E-state index contributed by atoms with van der Waals surface area (Å²) in [5.41, 5.74) is 3.17. The third-order valence-electron chi connectivity index (χ3n) is 6.19. The van der Waals surface area contributed by atoms with Crippen molar-refractivity contribution in [3.63, 3.8) is 0 Å². The molecule has 4 rings (SSSR count). The standard InChI is InChI=1S/C24H31N3O3S2/c1-16(14-19-8-4-5-9-19)25-15-20-10-6-7-11-21(20)27-32(28,29)23-13-12-22(31-23)24-17(2)26-30-18(24)3/h6-7,10-13,16,19,25,27H,4-5,8-9,14-15H2,1-3H3/t16-/m0/s1. The van der Waals surface area contributed by atoms with E-state index in [4.69, 9.17) is 4.52 Å². The summed E-state index contributed by atoms with van der Waals surface area (Å²) in [5.74, 6) is 1.50. The molecule has 0 radical (unpaired) electrons. The molecule has 0 bridgehead atoms. The minimum Gasteiger partial charge on any atom is -0.361 e. The van der Waals surface area contributed by atoms with Gasteiger partial charge in [0.2, 0.25) is 0 Å². The van der Waals surface area contributed by atoms with Crippen LogP contribution < -0.4 is 10.0 Å². The summed E-state index contributed by atoms with van der Waals surface area (Å²) in [7, 11) is -3.70. The van der Waals surface area contributed by atoms with Gasteiger partial charge < -0.3 is 9.84 Å². The third-order valence-corrected chi connectivity index (χ3v) is 9.15. The van der Waals surface area contributed by atoms with Gasteiger partial charge in [-0.1, -0.05) is 49.0 Å². The van der Waals surface area contributed by atoms with Crippen molar-refractivity contribution >= 4 is 27.0 Å². The number of sulfonamides is 1. The van der Waals surface area contributed by atoms with Gasteiger partial charge in [-0.05, 0) is 56.9 Å². The minimum absolute atomic E-state index is 0.268. The first-order valence-corrected chi connectivity index (χ1v) is 13.5. The van der Waals surface area contributed by atoms with E-state index < -0.39 is 10.0 Å². The smallest absolute Gasteiger partial charge is 0.271 e. The fourth-order valence-corrected chi connectivity index (χ4v) is 7.07. The number of nitrogens with one attached hydrogen (secondary N) is 2. The first-order valence-electron chi connectivity index (χ1n) is 11.2. The van der Waals surface area contributed by atoms with Crippen molar-refractivity contribution in [2.75, 3.05) is 4.72 Å². The molecule has 0 amide bonds. The second kappa shape index (κ2) is 9.77. The average Bonchev–Trinajstić information content (AvgIpc) is 3.49. The topological polar surface area (TPSA) is 84.2 Å². The molecule has 32 heavy (non-hydrogen) atoms. The summed E-state index contributed by atoms with van der Waals surface area (Å²) in [6.07, 6.45) is 6.54. The van der Waals surface area contributed by atoms with Crippen molar-refractivity contribution in [1.29, 1.82) is 0 Å². The highest BCUT2D eigenvalue weighted by molar-refractivity contribution is 7.94. The van der Waals surface area contributed by atoms with E-state index in [0.29, 0.717) is 24.0 Å². The Hall–Kier alpha value is -2.16. The van der Waals surface area contributed by atoms with Crippen LogP contribution in [0.25, 0.3) is 10.4 Å². The van der Waals surface area contributed by atoms with Gasteiger partial charge >= 0.3 is 0 Å². The lowest BCUT2D eigenvalue weighted by molar-refractivity contribution is 0.393. The Kier molecular flexibility index (Phi) is 7.02. The van der Waals surface area contributed by atoms with E-state index in [1.807, 2.05) is 44.2 Å². The van der Waals surface area contributed by atoms with Crippen molar-refractivity contribution < 1.29 is 12.9 Å². The molecule has 2 aromatic heterocycles. The molecule has 0 spiro atoms. The number of para-hydroxylation sites is 1. The molecular formula is C24H31N3O3S2. The van der Waals surface area contributed by atoms with Gasteiger partial charge in [-0.15, -0.1) is 11.3 Å². The highest BCUT2D eigenvalue weighted by Crippen LogP contribution is 2.35. The Labute approximate surface area is 194 Å². The summed E-state index contributed by atoms with van der Waals surface area (Å²) in [5, 5.41) is 7.55. The van der Waals surface area contributed by atoms with Crippen molar-refractivity contribution in [1.82, 2.24) is 10.5 Å². The van der Waals surface area contributed by atoms with Crippen LogP contribution in [0.15, 0.2) is 45.1 Å². The predicted molar refractivity (Wildman–Crippen MR) is 129 cm³/mol. The van der Waals surface area contributed by atoms with Gasteiger partial charge in [0.1, 0.15) is 9.97 Å². The highest BCUT2D eigenvalue weighted by Gasteiger charge is 2.22. The second-order valence-electron chi connectivity index (χ2n) is 8.75. The van der Waals surface area contributed by atoms with Gasteiger partial charge in [-0.3, -0.25) is 4.72 Å². The largest absolute Gasteiger partial charge is 0.361 e. The third kappa shape index (κ3) is 5.24. The van der Waals surface area contributed by atoms with E-state index in [1.165, 1.54) is 43.4 Å². The Morgan fingerprint density at radius 3 is 2.62 bits per heavy atom. The predicted octanol–water partition coefficient (Wildman–Crippen LogP) is 5.88. The molecule has 1 fully saturated rings. The fraction of sp³-hybridized carbons (Fsp3) is 0.458. The van der Waals surface area contributed by atoms with Crippen LogP contribution in [0.5, 0.6) is 0 Å². The molecule has 6 nitrogen and oxygen atoms in total. The first-order chi connectivity index (χ1) is 15.3. The van der Waals surface area contributed by atoms with Crippen LogP contribution in [-0.2, 0) is 16.6 Å². The van der Waals surface area contributed by atoms with Gasteiger partial charge in [-0.2, -0.15) is 0 Å². The lowest BCUT2D eigenvalue weighted by Gasteiger charge is -2.19. The number of rotatable bonds is 9. The Bertz CT molecular complexity index is 1140. The van der Waals surface area contributed by atoms with Gasteiger partial charge in [0.25, 0.3) is 10.0 Å². The normalized spacial score (nSPS) is 15.8. The Morgan fingerprint density at radius 1 is 1.16 bits per heavy atom. The summed E-state index contributed by atoms with van der Waals surface area (Å²) < 4.78 is 34.5. The molecule has 0 saturated heterocycles. The molecule has 1 aromatic carbocycles. The Morgan fingerprint density at radius 2 is 1.91 bits per heavy atom. The van der Waals surface area contributed by atoms with Crippen molar-refractivity contribution in [2.24, 2.45) is 5.92 Å². The zero-order valence-electron chi connectivity index (χ0n) is 18.8. The monoisotopic (exact) mass is 473 g/mol. The highest BCUT2D eigenvalue weighted by atomic mass is 32.2. The maximum atomic E-state index is 13.1. The number of nitrogens with zero attached hydrogens (tertiary/aromatic N) is 1. The lowest BCUT2D eigenvalue weighted by atomic mass is 9.99. The summed E-state index contributed by atoms with van der Waals surface area (Å²) in [6.45, 7) is 6.53. The molecule has 2 heterocycles. The van der Waals surface area contributed by atoms with E-state index >= 15 is 0 Å².